The highest BCUT2D eigenvalue weighted by atomic mass is 16.5. The minimum atomic E-state index is -0.599. The second-order valence-corrected chi connectivity index (χ2v) is 10.6. The van der Waals surface area contributed by atoms with Crippen LogP contribution in [0.2, 0.25) is 0 Å². The van der Waals surface area contributed by atoms with Gasteiger partial charge in [0.2, 0.25) is 0 Å². The topological polar surface area (TPSA) is 72.9 Å². The molecule has 0 amide bonds. The summed E-state index contributed by atoms with van der Waals surface area (Å²) in [6.07, 6.45) is 6.52. The van der Waals surface area contributed by atoms with Crippen molar-refractivity contribution in [1.29, 1.82) is 0 Å². The zero-order chi connectivity index (χ0) is 23.0. The third kappa shape index (κ3) is 4.33. The standard InChI is InChI=1S/C25H39NO5/c1-16-17(14-21(28)31-13-12-26(4)5)8-9-18-22(16)19(27)15-20-24(18,2)10-7-11-25(20,3)23(29)30-6/h14,16,18,20,22H,7-13,15H2,1-6H3/t16-,18-,20+,22+,24-,25-/m0/s1. The smallest absolute Gasteiger partial charge is 0.330 e. The van der Waals surface area contributed by atoms with Crippen LogP contribution in [0.4, 0.5) is 0 Å². The molecule has 3 aliphatic rings. The Labute approximate surface area is 186 Å². The molecule has 174 valence electrons. The summed E-state index contributed by atoms with van der Waals surface area (Å²) in [7, 11) is 5.33. The van der Waals surface area contributed by atoms with E-state index in [1.165, 1.54) is 7.11 Å². The van der Waals surface area contributed by atoms with Crippen molar-refractivity contribution in [2.75, 3.05) is 34.4 Å². The maximum atomic E-state index is 13.4. The van der Waals surface area contributed by atoms with Crippen LogP contribution in [0.25, 0.3) is 0 Å². The Morgan fingerprint density at radius 3 is 2.58 bits per heavy atom. The summed E-state index contributed by atoms with van der Waals surface area (Å²) in [5, 5.41) is 0. The van der Waals surface area contributed by atoms with Gasteiger partial charge in [0.25, 0.3) is 0 Å². The zero-order valence-electron chi connectivity index (χ0n) is 20.0. The van der Waals surface area contributed by atoms with Crippen LogP contribution in [0.15, 0.2) is 11.6 Å². The summed E-state index contributed by atoms with van der Waals surface area (Å²) in [6, 6.07) is 0. The van der Waals surface area contributed by atoms with E-state index in [1.807, 2.05) is 25.9 Å². The van der Waals surface area contributed by atoms with Gasteiger partial charge in [0.1, 0.15) is 12.4 Å². The van der Waals surface area contributed by atoms with Crippen molar-refractivity contribution in [3.8, 4) is 0 Å². The van der Waals surface area contributed by atoms with Gasteiger partial charge in [-0.15, -0.1) is 0 Å². The average molecular weight is 434 g/mol. The van der Waals surface area contributed by atoms with Gasteiger partial charge >= 0.3 is 11.9 Å². The predicted octanol–water partition coefficient (Wildman–Crippen LogP) is 3.64. The molecule has 6 heteroatoms. The number of Topliss-reactive ketones (excluding diaryl/α,β-unsaturated/α-hetero) is 1. The molecular weight excluding hydrogens is 394 g/mol. The summed E-state index contributed by atoms with van der Waals surface area (Å²) >= 11 is 0. The Balaban J connectivity index is 1.81. The van der Waals surface area contributed by atoms with E-state index >= 15 is 0 Å². The van der Waals surface area contributed by atoms with Gasteiger partial charge in [-0.05, 0) is 69.9 Å². The number of methoxy groups -OCH3 is 1. The van der Waals surface area contributed by atoms with Crippen molar-refractivity contribution in [3.63, 3.8) is 0 Å². The van der Waals surface area contributed by atoms with Crippen LogP contribution in [0.3, 0.4) is 0 Å². The molecule has 0 saturated heterocycles. The molecule has 0 N–H and O–H groups in total. The number of hydrogen-bond acceptors (Lipinski definition) is 6. The van der Waals surface area contributed by atoms with Gasteiger partial charge in [-0.1, -0.05) is 25.8 Å². The van der Waals surface area contributed by atoms with Gasteiger partial charge in [0.15, 0.2) is 0 Å². The fourth-order valence-corrected chi connectivity index (χ4v) is 6.91. The molecule has 3 saturated carbocycles. The van der Waals surface area contributed by atoms with Gasteiger partial charge in [-0.25, -0.2) is 4.79 Å². The van der Waals surface area contributed by atoms with Gasteiger partial charge in [0, 0.05) is 25.0 Å². The molecule has 6 nitrogen and oxygen atoms in total. The van der Waals surface area contributed by atoms with Crippen molar-refractivity contribution in [1.82, 2.24) is 4.90 Å². The second-order valence-electron chi connectivity index (χ2n) is 10.6. The molecule has 0 aromatic rings. The van der Waals surface area contributed by atoms with Gasteiger partial charge < -0.3 is 14.4 Å². The molecule has 6 atom stereocenters. The van der Waals surface area contributed by atoms with Gasteiger partial charge in [0.05, 0.1) is 12.5 Å². The zero-order valence-corrected chi connectivity index (χ0v) is 20.0. The molecule has 0 aromatic heterocycles. The summed E-state index contributed by atoms with van der Waals surface area (Å²) < 4.78 is 10.5. The Morgan fingerprint density at radius 1 is 1.23 bits per heavy atom. The fourth-order valence-electron chi connectivity index (χ4n) is 6.91. The molecule has 0 aromatic carbocycles. The molecule has 0 radical (unpaired) electrons. The Hall–Kier alpha value is -1.69. The largest absolute Gasteiger partial charge is 0.469 e. The van der Waals surface area contributed by atoms with E-state index in [0.29, 0.717) is 19.6 Å². The van der Waals surface area contributed by atoms with E-state index in [4.69, 9.17) is 9.47 Å². The molecule has 0 heterocycles. The first kappa shape index (κ1) is 24.0. The third-order valence-electron chi connectivity index (χ3n) is 8.64. The second kappa shape index (κ2) is 9.05. The van der Waals surface area contributed by atoms with Crippen molar-refractivity contribution >= 4 is 17.7 Å². The van der Waals surface area contributed by atoms with Gasteiger partial charge in [-0.2, -0.15) is 0 Å². The molecule has 0 bridgehead atoms. The summed E-state index contributed by atoms with van der Waals surface area (Å²) in [5.41, 5.74) is 0.363. The van der Waals surface area contributed by atoms with Crippen LogP contribution in [0, 0.1) is 34.5 Å². The molecule has 31 heavy (non-hydrogen) atoms. The molecule has 0 spiro atoms. The maximum absolute atomic E-state index is 13.4. The first-order chi connectivity index (χ1) is 14.5. The highest BCUT2D eigenvalue weighted by molar-refractivity contribution is 5.87. The third-order valence-corrected chi connectivity index (χ3v) is 8.64. The van der Waals surface area contributed by atoms with E-state index in [1.54, 1.807) is 6.08 Å². The van der Waals surface area contributed by atoms with Crippen LogP contribution in [0.5, 0.6) is 0 Å². The number of fused-ring (bicyclic) bond motifs is 3. The average Bonchev–Trinajstić information content (AvgIpc) is 2.70. The maximum Gasteiger partial charge on any atom is 0.330 e. The normalized spacial score (nSPS) is 39.1. The highest BCUT2D eigenvalue weighted by Gasteiger charge is 2.62. The predicted molar refractivity (Wildman–Crippen MR) is 118 cm³/mol. The monoisotopic (exact) mass is 433 g/mol. The number of carbonyl (C=O) groups is 3. The Bertz CT molecular complexity index is 759. The van der Waals surface area contributed by atoms with Crippen LogP contribution in [-0.4, -0.2) is 57.0 Å². The van der Waals surface area contributed by atoms with Crippen molar-refractivity contribution in [2.24, 2.45) is 34.5 Å². The molecule has 3 rings (SSSR count). The number of hydrogen-bond donors (Lipinski definition) is 0. The number of ether oxygens (including phenoxy) is 2. The molecular formula is C25H39NO5. The Morgan fingerprint density at radius 2 is 1.94 bits per heavy atom. The lowest BCUT2D eigenvalue weighted by Crippen LogP contribution is -2.59. The van der Waals surface area contributed by atoms with Crippen LogP contribution in [0.1, 0.15) is 59.3 Å². The number of nitrogens with zero attached hydrogens (tertiary/aromatic N) is 1. The summed E-state index contributed by atoms with van der Waals surface area (Å²) in [6.45, 7) is 7.42. The lowest BCUT2D eigenvalue weighted by atomic mass is 9.43. The van der Waals surface area contributed by atoms with E-state index in [2.05, 4.69) is 13.8 Å². The quantitative estimate of drug-likeness (QED) is 0.487. The van der Waals surface area contributed by atoms with E-state index < -0.39 is 5.41 Å². The molecule has 3 aliphatic carbocycles. The number of rotatable bonds is 5. The highest BCUT2D eigenvalue weighted by Crippen LogP contribution is 2.64. The first-order valence-electron chi connectivity index (χ1n) is 11.7. The summed E-state index contributed by atoms with van der Waals surface area (Å²) in [5.74, 6) is -0.0650. The number of carbonyl (C=O) groups excluding carboxylic acids is 3. The number of ketones is 1. The minimum absolute atomic E-state index is 0.0173. The number of esters is 2. The van der Waals surface area contributed by atoms with Crippen LogP contribution >= 0.6 is 0 Å². The van der Waals surface area contributed by atoms with Crippen LogP contribution < -0.4 is 0 Å². The molecule has 3 fully saturated rings. The van der Waals surface area contributed by atoms with E-state index in [9.17, 15) is 14.4 Å². The van der Waals surface area contributed by atoms with Crippen molar-refractivity contribution < 1.29 is 23.9 Å². The van der Waals surface area contributed by atoms with Crippen molar-refractivity contribution in [3.05, 3.63) is 11.6 Å². The minimum Gasteiger partial charge on any atom is -0.469 e. The lowest BCUT2D eigenvalue weighted by molar-refractivity contribution is -0.178. The van der Waals surface area contributed by atoms with Crippen molar-refractivity contribution in [2.45, 2.75) is 59.3 Å². The molecule has 0 unspecified atom stereocenters. The SMILES string of the molecule is COC(=O)[C@@]1(C)CCC[C@]2(C)[C@H]1CC(=O)[C@@H]1[C@@H](C)C(=CC(=O)OCCN(C)C)CC[C@@H]12. The van der Waals surface area contributed by atoms with E-state index in [0.717, 1.165) is 37.7 Å². The number of likely N-dealkylation sites (N-methyl/N-ethyl adjacent to an activating group) is 1. The first-order valence-corrected chi connectivity index (χ1v) is 11.7. The van der Waals surface area contributed by atoms with Gasteiger partial charge in [-0.3, -0.25) is 9.59 Å². The van der Waals surface area contributed by atoms with E-state index in [-0.39, 0.29) is 46.8 Å². The summed E-state index contributed by atoms with van der Waals surface area (Å²) in [4.78, 5) is 40.4. The molecule has 0 aliphatic heterocycles. The lowest BCUT2D eigenvalue weighted by Gasteiger charge is -2.60. The van der Waals surface area contributed by atoms with Crippen LogP contribution in [-0.2, 0) is 23.9 Å². The number of allylic oxidation sites excluding steroid dienone is 1. The Kier molecular flexibility index (Phi) is 6.99. The fraction of sp³-hybridized carbons (Fsp3) is 0.800.